The number of hydrogen-bond acceptors (Lipinski definition) is 5. The Balaban J connectivity index is 1.44. The Morgan fingerprint density at radius 3 is 2.59 bits per heavy atom. The van der Waals surface area contributed by atoms with Gasteiger partial charge in [-0.3, -0.25) is 18.9 Å². The smallest absolute Gasteiger partial charge is 0.350 e. The molecule has 2 heterocycles. The van der Waals surface area contributed by atoms with Crippen LogP contribution in [0.3, 0.4) is 0 Å². The molecular weight excluding hydrogens is 574 g/mol. The van der Waals surface area contributed by atoms with Gasteiger partial charge in [0.05, 0.1) is 15.8 Å². The lowest BCUT2D eigenvalue weighted by Gasteiger charge is -2.27. The van der Waals surface area contributed by atoms with Crippen molar-refractivity contribution in [2.45, 2.75) is 44.9 Å². The number of carbonyl (C=O) groups is 3. The van der Waals surface area contributed by atoms with E-state index in [1.165, 1.54) is 48.0 Å². The number of nitrogens with zero attached hydrogens (tertiary/aromatic N) is 3. The van der Waals surface area contributed by atoms with Crippen LogP contribution in [-0.2, 0) is 27.2 Å². The summed E-state index contributed by atoms with van der Waals surface area (Å²) in [5, 5.41) is 2.95. The van der Waals surface area contributed by atoms with E-state index in [-0.39, 0.29) is 52.1 Å². The molecule has 1 saturated heterocycles. The molecule has 0 bridgehead atoms. The van der Waals surface area contributed by atoms with Crippen LogP contribution in [-0.4, -0.2) is 74.5 Å². The van der Waals surface area contributed by atoms with Gasteiger partial charge < -0.3 is 29.5 Å². The highest BCUT2D eigenvalue weighted by atomic mass is 35.5. The molecule has 0 spiro atoms. The molecule has 2 fully saturated rings. The fraction of sp³-hybridized carbons (Fsp3) is 0.393. The van der Waals surface area contributed by atoms with Gasteiger partial charge in [-0.2, -0.15) is 0 Å². The van der Waals surface area contributed by atoms with Crippen molar-refractivity contribution in [2.75, 3.05) is 20.6 Å². The summed E-state index contributed by atoms with van der Waals surface area (Å²) < 4.78 is 27.8. The number of piperidine rings is 1. The second kappa shape index (κ2) is 10.6. The highest BCUT2D eigenvalue weighted by molar-refractivity contribution is 7.60. The van der Waals surface area contributed by atoms with Crippen molar-refractivity contribution in [3.63, 3.8) is 0 Å². The molecule has 1 aliphatic heterocycles. The van der Waals surface area contributed by atoms with E-state index in [1.807, 2.05) is 19.0 Å². The van der Waals surface area contributed by atoms with Gasteiger partial charge in [0, 0.05) is 47.3 Å². The molecule has 0 radical (unpaired) electrons. The van der Waals surface area contributed by atoms with E-state index in [1.54, 1.807) is 11.0 Å². The zero-order valence-electron chi connectivity index (χ0n) is 22.8. The molecule has 3 aromatic rings. The molecule has 2 amide bonds. The Kier molecular flexibility index (Phi) is 7.63. The number of ketones is 1. The molecule has 1 saturated carbocycles. The first kappa shape index (κ1) is 29.4. The maximum absolute atomic E-state index is 14.4. The van der Waals surface area contributed by atoms with E-state index in [9.17, 15) is 33.1 Å². The first-order chi connectivity index (χ1) is 19.2. The summed E-state index contributed by atoms with van der Waals surface area (Å²) in [6.45, 7) is 1.72. The molecule has 13 heteroatoms. The maximum Gasteiger partial charge on any atom is 0.356 e. The maximum atomic E-state index is 14.4. The lowest BCUT2D eigenvalue weighted by Crippen LogP contribution is -2.48. The Hall–Kier alpha value is -3.08. The van der Waals surface area contributed by atoms with Crippen molar-refractivity contribution in [3.8, 4) is 0 Å². The number of aromatic nitrogens is 1. The molecule has 3 N–H and O–H groups in total. The quantitative estimate of drug-likeness (QED) is 0.253. The van der Waals surface area contributed by atoms with Gasteiger partial charge in [-0.15, -0.1) is 0 Å². The number of Topliss-reactive ketones (excluding diaryl/α,β-unsaturated/α-hetero) is 1. The minimum absolute atomic E-state index is 0.0496. The Morgan fingerprint density at radius 1 is 1.20 bits per heavy atom. The molecule has 10 nitrogen and oxygen atoms in total. The molecule has 5 rings (SSSR count). The van der Waals surface area contributed by atoms with Crippen LogP contribution in [0.5, 0.6) is 0 Å². The number of nitrogens with one attached hydrogen (secondary N) is 1. The molecule has 1 aliphatic carbocycles. The number of likely N-dealkylation sites (tertiary alicyclic amines) is 1. The first-order valence-electron chi connectivity index (χ1n) is 13.1. The number of halogens is 2. The van der Waals surface area contributed by atoms with Crippen LogP contribution in [0.15, 0.2) is 42.6 Å². The summed E-state index contributed by atoms with van der Waals surface area (Å²) in [6.07, 6.45) is 2.68. The SMILES string of the molecule is CC(=O)c1cn(CC(=O)N2[C@H](C(=O)NCc3cccc(Cl)c3F)C[C@@]3(CN(C)C)C[C@@H]23)c2cc(P(=O)(O)O)ccc12. The monoisotopic (exact) mass is 604 g/mol. The summed E-state index contributed by atoms with van der Waals surface area (Å²) >= 11 is 5.87. The molecule has 218 valence electrons. The van der Waals surface area contributed by atoms with Crippen molar-refractivity contribution in [1.82, 2.24) is 19.7 Å². The number of rotatable bonds is 9. The van der Waals surface area contributed by atoms with Gasteiger partial charge in [0.25, 0.3) is 0 Å². The van der Waals surface area contributed by atoms with Gasteiger partial charge in [-0.25, -0.2) is 4.39 Å². The van der Waals surface area contributed by atoms with Crippen LogP contribution in [0, 0.1) is 11.2 Å². The van der Waals surface area contributed by atoms with Crippen molar-refractivity contribution >= 4 is 53.0 Å². The van der Waals surface area contributed by atoms with Crippen LogP contribution in [0.2, 0.25) is 5.02 Å². The van der Waals surface area contributed by atoms with Crippen molar-refractivity contribution in [3.05, 3.63) is 64.6 Å². The lowest BCUT2D eigenvalue weighted by atomic mass is 9.98. The summed E-state index contributed by atoms with van der Waals surface area (Å²) in [7, 11) is -0.727. The topological polar surface area (TPSA) is 132 Å². The molecule has 41 heavy (non-hydrogen) atoms. The van der Waals surface area contributed by atoms with Gasteiger partial charge >= 0.3 is 7.60 Å². The first-order valence-corrected chi connectivity index (χ1v) is 15.1. The predicted molar refractivity (Wildman–Crippen MR) is 152 cm³/mol. The highest BCUT2D eigenvalue weighted by Crippen LogP contribution is 2.59. The van der Waals surface area contributed by atoms with Crippen LogP contribution in [0.25, 0.3) is 10.9 Å². The van der Waals surface area contributed by atoms with Crippen molar-refractivity contribution in [2.24, 2.45) is 5.41 Å². The van der Waals surface area contributed by atoms with Crippen LogP contribution < -0.4 is 10.6 Å². The minimum Gasteiger partial charge on any atom is -0.350 e. The number of benzene rings is 2. The third-order valence-electron chi connectivity index (χ3n) is 8.01. The third kappa shape index (κ3) is 5.57. The van der Waals surface area contributed by atoms with E-state index in [0.29, 0.717) is 29.4 Å². The Morgan fingerprint density at radius 2 is 1.93 bits per heavy atom. The number of hydrogen-bond donors (Lipinski definition) is 3. The average molecular weight is 605 g/mol. The molecule has 2 aromatic carbocycles. The van der Waals surface area contributed by atoms with Crippen LogP contribution in [0.4, 0.5) is 4.39 Å². The zero-order valence-corrected chi connectivity index (χ0v) is 24.5. The molecule has 3 atom stereocenters. The van der Waals surface area contributed by atoms with Gasteiger partial charge in [0.2, 0.25) is 11.8 Å². The van der Waals surface area contributed by atoms with Crippen LogP contribution >= 0.6 is 19.2 Å². The Labute approximate surface area is 241 Å². The van der Waals surface area contributed by atoms with Gasteiger partial charge in [-0.1, -0.05) is 29.8 Å². The fourth-order valence-electron chi connectivity index (χ4n) is 6.16. The van der Waals surface area contributed by atoms with E-state index in [0.717, 1.165) is 6.42 Å². The normalized spacial score (nSPS) is 21.8. The molecule has 2 aliphatic rings. The van der Waals surface area contributed by atoms with Gasteiger partial charge in [0.15, 0.2) is 5.78 Å². The molecular formula is C28H31ClFN4O6P. The van der Waals surface area contributed by atoms with E-state index in [4.69, 9.17) is 11.6 Å². The number of amides is 2. The summed E-state index contributed by atoms with van der Waals surface area (Å²) in [6, 6.07) is 7.60. The van der Waals surface area contributed by atoms with E-state index >= 15 is 0 Å². The largest absolute Gasteiger partial charge is 0.356 e. The van der Waals surface area contributed by atoms with E-state index < -0.39 is 25.4 Å². The molecule has 1 aromatic heterocycles. The van der Waals surface area contributed by atoms with Crippen LogP contribution in [0.1, 0.15) is 35.7 Å². The van der Waals surface area contributed by atoms with Crippen molar-refractivity contribution in [1.29, 1.82) is 0 Å². The number of carbonyl (C=O) groups excluding carboxylic acids is 3. The van der Waals surface area contributed by atoms with Gasteiger partial charge in [0.1, 0.15) is 18.4 Å². The Bertz CT molecular complexity index is 1620. The lowest BCUT2D eigenvalue weighted by molar-refractivity contribution is -0.140. The molecule has 0 unspecified atom stereocenters. The van der Waals surface area contributed by atoms with Crippen molar-refractivity contribution < 1.29 is 33.1 Å². The summed E-state index contributed by atoms with van der Waals surface area (Å²) in [5.41, 5.74) is 0.625. The third-order valence-corrected chi connectivity index (χ3v) is 9.25. The van der Waals surface area contributed by atoms with Gasteiger partial charge in [-0.05, 0) is 52.1 Å². The fourth-order valence-corrected chi connectivity index (χ4v) is 6.91. The predicted octanol–water partition coefficient (Wildman–Crippen LogP) is 2.68. The zero-order chi connectivity index (χ0) is 29.9. The number of fused-ring (bicyclic) bond motifs is 2. The summed E-state index contributed by atoms with van der Waals surface area (Å²) in [5.74, 6) is -1.65. The highest BCUT2D eigenvalue weighted by Gasteiger charge is 2.67. The minimum atomic E-state index is -4.59. The standard InChI is InChI=1S/C28H31ClFN4O6P/c1-16(35)20-13-33(22-9-18(41(38,39)40)7-8-19(20)22)14-25(36)34-23(10-28(11-24(28)34)15-32(2)3)27(37)31-12-17-5-4-6-21(29)26(17)30/h4-9,13,23-24H,10-12,14-15H2,1-3H3,(H,31,37)(H2,38,39,40)/t23-,24+,28-/m0/s1. The summed E-state index contributed by atoms with van der Waals surface area (Å²) in [4.78, 5) is 62.6. The second-order valence-electron chi connectivity index (χ2n) is 11.2. The van der Waals surface area contributed by atoms with E-state index in [2.05, 4.69) is 5.32 Å². The second-order valence-corrected chi connectivity index (χ2v) is 13.3. The average Bonchev–Trinajstić information content (AvgIpc) is 3.28.